The molecule has 0 aliphatic rings. The molecule has 0 amide bonds. The molecule has 1 N–H and O–H groups in total. The number of esters is 1. The molecule has 0 fully saturated rings. The van der Waals surface area contributed by atoms with Gasteiger partial charge >= 0.3 is 5.97 Å². The molecule has 0 heterocycles. The number of rotatable bonds is 13. The molecule has 3 heteroatoms. The predicted molar refractivity (Wildman–Crippen MR) is 94.5 cm³/mol. The molecule has 1 aromatic rings. The Morgan fingerprint density at radius 1 is 0.957 bits per heavy atom. The summed E-state index contributed by atoms with van der Waals surface area (Å²) < 4.78 is 5.18. The molecule has 0 bridgehead atoms. The number of hydrogen-bond acceptors (Lipinski definition) is 3. The van der Waals surface area contributed by atoms with Crippen molar-refractivity contribution in [3.8, 4) is 5.75 Å². The number of aliphatic hydroxyl groups is 1. The van der Waals surface area contributed by atoms with E-state index in [1.54, 1.807) is 12.1 Å². The van der Waals surface area contributed by atoms with Gasteiger partial charge in [-0.15, -0.1) is 0 Å². The highest BCUT2D eigenvalue weighted by atomic mass is 16.5. The molecule has 130 valence electrons. The fourth-order valence-electron chi connectivity index (χ4n) is 2.65. The minimum atomic E-state index is -0.587. The maximum Gasteiger partial charge on any atom is 0.313 e. The summed E-state index contributed by atoms with van der Waals surface area (Å²) in [4.78, 5) is 11.7. The van der Waals surface area contributed by atoms with Gasteiger partial charge in [0.05, 0.1) is 12.5 Å². The SMILES string of the molecule is CCCCCCCCCCCC(O)CC(=O)Oc1ccccc1. The van der Waals surface area contributed by atoms with Crippen LogP contribution in [0.2, 0.25) is 0 Å². The topological polar surface area (TPSA) is 46.5 Å². The van der Waals surface area contributed by atoms with Gasteiger partial charge in [0.15, 0.2) is 0 Å². The van der Waals surface area contributed by atoms with E-state index in [0.717, 1.165) is 12.8 Å². The lowest BCUT2D eigenvalue weighted by Gasteiger charge is -2.10. The van der Waals surface area contributed by atoms with Crippen LogP contribution in [0.5, 0.6) is 5.75 Å². The molecule has 0 aromatic heterocycles. The summed E-state index contributed by atoms with van der Waals surface area (Å²) in [7, 11) is 0. The third-order valence-electron chi connectivity index (χ3n) is 4.02. The van der Waals surface area contributed by atoms with Crippen molar-refractivity contribution in [2.45, 2.75) is 83.7 Å². The van der Waals surface area contributed by atoms with Crippen LogP contribution in [0.25, 0.3) is 0 Å². The van der Waals surface area contributed by atoms with Gasteiger partial charge in [-0.2, -0.15) is 0 Å². The van der Waals surface area contributed by atoms with Crippen molar-refractivity contribution < 1.29 is 14.6 Å². The van der Waals surface area contributed by atoms with E-state index < -0.39 is 6.10 Å². The highest BCUT2D eigenvalue weighted by molar-refractivity contribution is 5.72. The number of hydrogen-bond donors (Lipinski definition) is 1. The van der Waals surface area contributed by atoms with Crippen LogP contribution < -0.4 is 4.74 Å². The first-order chi connectivity index (χ1) is 11.2. The van der Waals surface area contributed by atoms with Gasteiger partial charge in [0, 0.05) is 0 Å². The van der Waals surface area contributed by atoms with Gasteiger partial charge in [0.2, 0.25) is 0 Å². The number of para-hydroxylation sites is 1. The van der Waals surface area contributed by atoms with Crippen LogP contribution in [0.15, 0.2) is 30.3 Å². The molecular formula is C20H32O3. The molecule has 0 aliphatic carbocycles. The third-order valence-corrected chi connectivity index (χ3v) is 4.02. The van der Waals surface area contributed by atoms with Gasteiger partial charge in [-0.3, -0.25) is 4.79 Å². The van der Waals surface area contributed by atoms with Crippen molar-refractivity contribution in [1.82, 2.24) is 0 Å². The molecule has 3 nitrogen and oxygen atoms in total. The normalized spacial score (nSPS) is 12.1. The number of ether oxygens (including phenoxy) is 1. The van der Waals surface area contributed by atoms with Crippen LogP contribution in [0.1, 0.15) is 77.6 Å². The standard InChI is InChI=1S/C20H32O3/c1-2-3-4-5-6-7-8-9-11-14-18(21)17-20(22)23-19-15-12-10-13-16-19/h10,12-13,15-16,18,21H,2-9,11,14,17H2,1H3. The van der Waals surface area contributed by atoms with E-state index in [0.29, 0.717) is 12.2 Å². The van der Waals surface area contributed by atoms with Crippen LogP contribution >= 0.6 is 0 Å². The van der Waals surface area contributed by atoms with Crippen LogP contribution in [0.4, 0.5) is 0 Å². The largest absolute Gasteiger partial charge is 0.426 e. The Balaban J connectivity index is 1.97. The van der Waals surface area contributed by atoms with E-state index in [-0.39, 0.29) is 12.4 Å². The smallest absolute Gasteiger partial charge is 0.313 e. The minimum Gasteiger partial charge on any atom is -0.426 e. The van der Waals surface area contributed by atoms with Crippen molar-refractivity contribution in [2.24, 2.45) is 0 Å². The molecule has 1 aromatic carbocycles. The van der Waals surface area contributed by atoms with Crippen LogP contribution in [0.3, 0.4) is 0 Å². The maximum absolute atomic E-state index is 11.7. The van der Waals surface area contributed by atoms with Gasteiger partial charge in [-0.25, -0.2) is 0 Å². The number of benzene rings is 1. The summed E-state index contributed by atoms with van der Waals surface area (Å²) in [5, 5.41) is 9.90. The molecule has 0 saturated carbocycles. The third kappa shape index (κ3) is 10.9. The Morgan fingerprint density at radius 3 is 2.13 bits per heavy atom. The van der Waals surface area contributed by atoms with Gasteiger partial charge in [-0.1, -0.05) is 82.9 Å². The second-order valence-corrected chi connectivity index (χ2v) is 6.26. The Hall–Kier alpha value is -1.35. The van der Waals surface area contributed by atoms with Crippen molar-refractivity contribution in [2.75, 3.05) is 0 Å². The maximum atomic E-state index is 11.7. The van der Waals surface area contributed by atoms with Crippen LogP contribution in [-0.2, 0) is 4.79 Å². The van der Waals surface area contributed by atoms with Crippen molar-refractivity contribution in [1.29, 1.82) is 0 Å². The molecule has 1 atom stereocenters. The van der Waals surface area contributed by atoms with E-state index in [9.17, 15) is 9.90 Å². The predicted octanol–water partition coefficient (Wildman–Crippen LogP) is 5.26. The molecular weight excluding hydrogens is 288 g/mol. The fourth-order valence-corrected chi connectivity index (χ4v) is 2.65. The summed E-state index contributed by atoms with van der Waals surface area (Å²) in [6.45, 7) is 2.24. The summed E-state index contributed by atoms with van der Waals surface area (Å²) in [5.74, 6) is 0.174. The van der Waals surface area contributed by atoms with Crippen LogP contribution in [-0.4, -0.2) is 17.2 Å². The van der Waals surface area contributed by atoms with E-state index >= 15 is 0 Å². The molecule has 1 rings (SSSR count). The first kappa shape index (κ1) is 19.7. The molecule has 0 saturated heterocycles. The number of carbonyl (C=O) groups excluding carboxylic acids is 1. The highest BCUT2D eigenvalue weighted by Gasteiger charge is 2.12. The zero-order valence-electron chi connectivity index (χ0n) is 14.5. The van der Waals surface area contributed by atoms with Gasteiger partial charge in [0.25, 0.3) is 0 Å². The van der Waals surface area contributed by atoms with E-state index in [1.165, 1.54) is 44.9 Å². The lowest BCUT2D eigenvalue weighted by Crippen LogP contribution is -2.17. The summed E-state index contributed by atoms with van der Waals surface area (Å²) in [6, 6.07) is 8.99. The number of carbonyl (C=O) groups is 1. The van der Waals surface area contributed by atoms with Crippen LogP contribution in [0, 0.1) is 0 Å². The Labute approximate surface area is 141 Å². The van der Waals surface area contributed by atoms with E-state index in [1.807, 2.05) is 18.2 Å². The van der Waals surface area contributed by atoms with Gasteiger partial charge < -0.3 is 9.84 Å². The summed E-state index contributed by atoms with van der Waals surface area (Å²) in [6.07, 6.45) is 11.5. The monoisotopic (exact) mass is 320 g/mol. The molecule has 0 radical (unpaired) electrons. The Kier molecular flexibility index (Phi) is 11.2. The molecule has 23 heavy (non-hydrogen) atoms. The summed E-state index contributed by atoms with van der Waals surface area (Å²) >= 11 is 0. The van der Waals surface area contributed by atoms with E-state index in [2.05, 4.69) is 6.92 Å². The second-order valence-electron chi connectivity index (χ2n) is 6.26. The average molecular weight is 320 g/mol. The number of unbranched alkanes of at least 4 members (excludes halogenated alkanes) is 8. The highest BCUT2D eigenvalue weighted by Crippen LogP contribution is 2.14. The van der Waals surface area contributed by atoms with Gasteiger partial charge in [0.1, 0.15) is 5.75 Å². The lowest BCUT2D eigenvalue weighted by atomic mass is 10.0. The number of aliphatic hydroxyl groups excluding tert-OH is 1. The Bertz CT molecular complexity index is 403. The quantitative estimate of drug-likeness (QED) is 0.306. The van der Waals surface area contributed by atoms with Crippen molar-refractivity contribution >= 4 is 5.97 Å². The second kappa shape index (κ2) is 13.1. The molecule has 0 aliphatic heterocycles. The first-order valence-corrected chi connectivity index (χ1v) is 9.16. The molecule has 1 unspecified atom stereocenters. The van der Waals surface area contributed by atoms with Crippen molar-refractivity contribution in [3.05, 3.63) is 30.3 Å². The fraction of sp³-hybridized carbons (Fsp3) is 0.650. The molecule has 0 spiro atoms. The average Bonchev–Trinajstić information content (AvgIpc) is 2.54. The zero-order chi connectivity index (χ0) is 16.8. The Morgan fingerprint density at radius 2 is 1.52 bits per heavy atom. The lowest BCUT2D eigenvalue weighted by molar-refractivity contribution is -0.136. The zero-order valence-corrected chi connectivity index (χ0v) is 14.5. The van der Waals surface area contributed by atoms with E-state index in [4.69, 9.17) is 4.74 Å². The van der Waals surface area contributed by atoms with Crippen molar-refractivity contribution in [3.63, 3.8) is 0 Å². The van der Waals surface area contributed by atoms with Gasteiger partial charge in [-0.05, 0) is 18.6 Å². The minimum absolute atomic E-state index is 0.0753. The summed E-state index contributed by atoms with van der Waals surface area (Å²) in [5.41, 5.74) is 0. The first-order valence-electron chi connectivity index (χ1n) is 9.16.